The van der Waals surface area contributed by atoms with Gasteiger partial charge in [-0.1, -0.05) is 90.4 Å². The molecular weight excluding hydrogens is 328 g/mol. The molecule has 0 aliphatic heterocycles. The molecule has 4 atom stereocenters. The molecule has 1 heteroatoms. The molecule has 0 heterocycles. The Balaban J connectivity index is 1.29. The zero-order chi connectivity index (χ0) is 18.9. The third kappa shape index (κ3) is 6.76. The SMILES string of the molecule is CCCCCCCCCCC1CCC(C2CCCC3CCC(O)CC32)CC1. The summed E-state index contributed by atoms with van der Waals surface area (Å²) in [4.78, 5) is 0. The highest BCUT2D eigenvalue weighted by Crippen LogP contribution is 2.50. The maximum atomic E-state index is 10.2. The van der Waals surface area contributed by atoms with Crippen molar-refractivity contribution in [3.05, 3.63) is 0 Å². The summed E-state index contributed by atoms with van der Waals surface area (Å²) < 4.78 is 0. The van der Waals surface area contributed by atoms with Gasteiger partial charge in [0.25, 0.3) is 0 Å². The van der Waals surface area contributed by atoms with Gasteiger partial charge in [0.2, 0.25) is 0 Å². The second-order valence-corrected chi connectivity index (χ2v) is 10.5. The molecule has 0 amide bonds. The molecule has 0 spiro atoms. The van der Waals surface area contributed by atoms with Crippen molar-refractivity contribution >= 4 is 0 Å². The van der Waals surface area contributed by atoms with E-state index in [1.165, 1.54) is 109 Å². The topological polar surface area (TPSA) is 20.2 Å². The van der Waals surface area contributed by atoms with Crippen LogP contribution in [0.5, 0.6) is 0 Å². The third-order valence-corrected chi connectivity index (χ3v) is 8.65. The lowest BCUT2D eigenvalue weighted by molar-refractivity contribution is -0.00961. The van der Waals surface area contributed by atoms with E-state index >= 15 is 0 Å². The normalized spacial score (nSPS) is 37.1. The number of unbranched alkanes of at least 4 members (excludes halogenated alkanes) is 7. The van der Waals surface area contributed by atoms with Crippen LogP contribution >= 0.6 is 0 Å². The fraction of sp³-hybridized carbons (Fsp3) is 1.00. The van der Waals surface area contributed by atoms with E-state index in [1.54, 1.807) is 0 Å². The smallest absolute Gasteiger partial charge is 0.0543 e. The van der Waals surface area contributed by atoms with Gasteiger partial charge >= 0.3 is 0 Å². The second-order valence-electron chi connectivity index (χ2n) is 10.5. The molecular formula is C26H48O. The van der Waals surface area contributed by atoms with E-state index in [-0.39, 0.29) is 6.10 Å². The van der Waals surface area contributed by atoms with E-state index in [2.05, 4.69) is 6.92 Å². The molecule has 0 aromatic carbocycles. The molecule has 1 nitrogen and oxygen atoms in total. The van der Waals surface area contributed by atoms with Crippen molar-refractivity contribution in [1.82, 2.24) is 0 Å². The summed E-state index contributed by atoms with van der Waals surface area (Å²) in [5.41, 5.74) is 0. The average molecular weight is 377 g/mol. The number of rotatable bonds is 10. The minimum atomic E-state index is 0.0187. The predicted molar refractivity (Wildman–Crippen MR) is 117 cm³/mol. The van der Waals surface area contributed by atoms with Gasteiger partial charge in [-0.2, -0.15) is 0 Å². The van der Waals surface area contributed by atoms with Gasteiger partial charge in [0.05, 0.1) is 6.10 Å². The van der Waals surface area contributed by atoms with Gasteiger partial charge in [0, 0.05) is 0 Å². The Bertz CT molecular complexity index is 384. The maximum Gasteiger partial charge on any atom is 0.0543 e. The van der Waals surface area contributed by atoms with Gasteiger partial charge in [-0.3, -0.25) is 0 Å². The average Bonchev–Trinajstić information content (AvgIpc) is 2.70. The van der Waals surface area contributed by atoms with E-state index < -0.39 is 0 Å². The van der Waals surface area contributed by atoms with Gasteiger partial charge in [-0.05, 0) is 68.1 Å². The quantitative estimate of drug-likeness (QED) is 0.384. The lowest BCUT2D eigenvalue weighted by atomic mass is 9.59. The number of aliphatic hydroxyl groups is 1. The Hall–Kier alpha value is -0.0400. The summed E-state index contributed by atoms with van der Waals surface area (Å²) in [6.45, 7) is 2.31. The molecule has 0 saturated heterocycles. The van der Waals surface area contributed by atoms with E-state index in [1.807, 2.05) is 0 Å². The summed E-state index contributed by atoms with van der Waals surface area (Å²) in [7, 11) is 0. The fourth-order valence-corrected chi connectivity index (χ4v) is 7.01. The lowest BCUT2D eigenvalue weighted by Crippen LogP contribution is -2.39. The molecule has 3 aliphatic rings. The monoisotopic (exact) mass is 376 g/mol. The molecule has 3 rings (SSSR count). The molecule has 3 saturated carbocycles. The lowest BCUT2D eigenvalue weighted by Gasteiger charge is -2.47. The van der Waals surface area contributed by atoms with Crippen LogP contribution in [0.1, 0.15) is 129 Å². The first-order valence-corrected chi connectivity index (χ1v) is 13.0. The van der Waals surface area contributed by atoms with E-state index in [9.17, 15) is 5.11 Å². The Kier molecular flexibility index (Phi) is 9.50. The molecule has 3 fully saturated rings. The van der Waals surface area contributed by atoms with Crippen molar-refractivity contribution < 1.29 is 5.11 Å². The molecule has 1 N–H and O–H groups in total. The van der Waals surface area contributed by atoms with E-state index in [4.69, 9.17) is 0 Å². The fourth-order valence-electron chi connectivity index (χ4n) is 7.01. The van der Waals surface area contributed by atoms with Crippen LogP contribution in [0, 0.1) is 29.6 Å². The van der Waals surface area contributed by atoms with Crippen LogP contribution in [-0.2, 0) is 0 Å². The maximum absolute atomic E-state index is 10.2. The molecule has 0 bridgehead atoms. The van der Waals surface area contributed by atoms with Crippen LogP contribution in [0.4, 0.5) is 0 Å². The molecule has 0 aromatic rings. The van der Waals surface area contributed by atoms with Crippen molar-refractivity contribution in [3.63, 3.8) is 0 Å². The van der Waals surface area contributed by atoms with Crippen molar-refractivity contribution in [2.24, 2.45) is 29.6 Å². The van der Waals surface area contributed by atoms with Crippen molar-refractivity contribution in [2.75, 3.05) is 0 Å². The Morgan fingerprint density at radius 1 is 0.630 bits per heavy atom. The third-order valence-electron chi connectivity index (χ3n) is 8.65. The summed E-state index contributed by atoms with van der Waals surface area (Å²) >= 11 is 0. The Morgan fingerprint density at radius 3 is 2.00 bits per heavy atom. The number of hydrogen-bond donors (Lipinski definition) is 1. The summed E-state index contributed by atoms with van der Waals surface area (Å²) in [5.74, 6) is 4.83. The van der Waals surface area contributed by atoms with Crippen molar-refractivity contribution in [1.29, 1.82) is 0 Å². The molecule has 3 aliphatic carbocycles. The van der Waals surface area contributed by atoms with Crippen LogP contribution in [0.15, 0.2) is 0 Å². The standard InChI is InChI=1S/C26H48O/c1-2-3-4-5-6-7-8-9-11-21-14-16-23(17-15-21)25-13-10-12-22-18-19-24(27)20-26(22)25/h21-27H,2-20H2,1H3. The summed E-state index contributed by atoms with van der Waals surface area (Å²) in [6.07, 6.45) is 27.2. The highest BCUT2D eigenvalue weighted by atomic mass is 16.3. The summed E-state index contributed by atoms with van der Waals surface area (Å²) in [6, 6.07) is 0. The molecule has 4 unspecified atom stereocenters. The van der Waals surface area contributed by atoms with E-state index in [0.29, 0.717) is 0 Å². The molecule has 27 heavy (non-hydrogen) atoms. The zero-order valence-electron chi connectivity index (χ0n) is 18.3. The number of aliphatic hydroxyl groups excluding tert-OH is 1. The minimum Gasteiger partial charge on any atom is -0.393 e. The first-order chi connectivity index (χ1) is 13.3. The van der Waals surface area contributed by atoms with Crippen LogP contribution in [0.3, 0.4) is 0 Å². The highest BCUT2D eigenvalue weighted by Gasteiger charge is 2.41. The van der Waals surface area contributed by atoms with Crippen LogP contribution in [-0.4, -0.2) is 11.2 Å². The van der Waals surface area contributed by atoms with Crippen molar-refractivity contribution in [2.45, 2.75) is 135 Å². The highest BCUT2D eigenvalue weighted by molar-refractivity contribution is 4.92. The minimum absolute atomic E-state index is 0.0187. The first kappa shape index (κ1) is 21.7. The van der Waals surface area contributed by atoms with Gasteiger partial charge in [-0.25, -0.2) is 0 Å². The van der Waals surface area contributed by atoms with Gasteiger partial charge < -0.3 is 5.11 Å². The Labute approximate surface area is 170 Å². The molecule has 0 aromatic heterocycles. The first-order valence-electron chi connectivity index (χ1n) is 13.0. The van der Waals surface area contributed by atoms with Gasteiger partial charge in [0.15, 0.2) is 0 Å². The van der Waals surface area contributed by atoms with Crippen molar-refractivity contribution in [3.8, 4) is 0 Å². The van der Waals surface area contributed by atoms with Gasteiger partial charge in [0.1, 0.15) is 0 Å². The van der Waals surface area contributed by atoms with Crippen LogP contribution in [0.25, 0.3) is 0 Å². The molecule has 158 valence electrons. The Morgan fingerprint density at radius 2 is 1.26 bits per heavy atom. The number of fused-ring (bicyclic) bond motifs is 1. The second kappa shape index (κ2) is 11.8. The van der Waals surface area contributed by atoms with Crippen LogP contribution in [0.2, 0.25) is 0 Å². The predicted octanol–water partition coefficient (Wildman–Crippen LogP) is 7.90. The number of hydrogen-bond acceptors (Lipinski definition) is 1. The van der Waals surface area contributed by atoms with E-state index in [0.717, 1.165) is 42.4 Å². The van der Waals surface area contributed by atoms with Gasteiger partial charge in [-0.15, -0.1) is 0 Å². The molecule has 0 radical (unpaired) electrons. The van der Waals surface area contributed by atoms with Crippen LogP contribution < -0.4 is 0 Å². The largest absolute Gasteiger partial charge is 0.393 e. The zero-order valence-corrected chi connectivity index (χ0v) is 18.3. The summed E-state index contributed by atoms with van der Waals surface area (Å²) in [5, 5.41) is 10.2.